The lowest BCUT2D eigenvalue weighted by atomic mass is 10.1. The number of hydrogen-bond donors (Lipinski definition) is 1. The van der Waals surface area contributed by atoms with E-state index in [2.05, 4.69) is 21.2 Å². The van der Waals surface area contributed by atoms with Crippen molar-refractivity contribution in [2.24, 2.45) is 0 Å². The number of pyridine rings is 1. The summed E-state index contributed by atoms with van der Waals surface area (Å²) in [7, 11) is 0. The van der Waals surface area contributed by atoms with Crippen LogP contribution in [0.3, 0.4) is 0 Å². The zero-order chi connectivity index (χ0) is 18.0. The predicted octanol–water partition coefficient (Wildman–Crippen LogP) is 4.66. The second-order valence-corrected chi connectivity index (χ2v) is 6.89. The summed E-state index contributed by atoms with van der Waals surface area (Å²) in [6, 6.07) is 16.1. The van der Waals surface area contributed by atoms with Crippen LogP contribution < -0.4 is 10.9 Å². The maximum Gasteiger partial charge on any atom is 0.252 e. The first-order chi connectivity index (χ1) is 12.0. The first kappa shape index (κ1) is 17.4. The number of carbonyl (C=O) groups is 1. The molecule has 0 saturated carbocycles. The largest absolute Gasteiger partial charge is 0.324 e. The van der Waals surface area contributed by atoms with Gasteiger partial charge in [-0.2, -0.15) is 0 Å². The number of benzene rings is 2. The van der Waals surface area contributed by atoms with E-state index in [9.17, 15) is 9.59 Å². The number of hydrogen-bond acceptors (Lipinski definition) is 2. The number of rotatable bonds is 4. The Kier molecular flexibility index (Phi) is 5.04. The Hall–Kier alpha value is -2.40. The Balaban J connectivity index is 2.03. The van der Waals surface area contributed by atoms with Crippen LogP contribution in [-0.4, -0.2) is 10.5 Å². The van der Waals surface area contributed by atoms with E-state index in [1.54, 1.807) is 10.6 Å². The number of fused-ring (bicyclic) bond motifs is 1. The first-order valence-corrected chi connectivity index (χ1v) is 8.98. The fourth-order valence-electron chi connectivity index (χ4n) is 3.03. The summed E-state index contributed by atoms with van der Waals surface area (Å²) in [4.78, 5) is 25.5. The van der Waals surface area contributed by atoms with Gasteiger partial charge in [-0.15, -0.1) is 0 Å². The minimum Gasteiger partial charge on any atom is -0.324 e. The molecule has 0 saturated heterocycles. The van der Waals surface area contributed by atoms with Crippen LogP contribution in [0.15, 0.2) is 63.9 Å². The zero-order valence-electron chi connectivity index (χ0n) is 14.1. The molecule has 2 aromatic carbocycles. The molecule has 5 heteroatoms. The number of nitrogens with zero attached hydrogens (tertiary/aromatic N) is 1. The fourth-order valence-corrected chi connectivity index (χ4v) is 3.30. The van der Waals surface area contributed by atoms with Crippen LogP contribution >= 0.6 is 15.9 Å². The van der Waals surface area contributed by atoms with E-state index in [1.807, 2.05) is 62.4 Å². The molecule has 0 aliphatic carbocycles. The van der Waals surface area contributed by atoms with E-state index in [4.69, 9.17) is 0 Å². The van der Waals surface area contributed by atoms with Gasteiger partial charge in [0.25, 0.3) is 5.56 Å². The molecule has 0 aliphatic rings. The topological polar surface area (TPSA) is 51.1 Å². The van der Waals surface area contributed by atoms with Gasteiger partial charge in [-0.25, -0.2) is 0 Å². The van der Waals surface area contributed by atoms with Gasteiger partial charge in [-0.3, -0.25) is 14.2 Å². The van der Waals surface area contributed by atoms with Gasteiger partial charge in [-0.1, -0.05) is 41.1 Å². The highest BCUT2D eigenvalue weighted by Crippen LogP contribution is 2.22. The highest BCUT2D eigenvalue weighted by molar-refractivity contribution is 9.10. The number of para-hydroxylation sites is 1. The quantitative estimate of drug-likeness (QED) is 0.694. The lowest BCUT2D eigenvalue weighted by Crippen LogP contribution is -2.33. The molecule has 4 nitrogen and oxygen atoms in total. The minimum atomic E-state index is -0.568. The van der Waals surface area contributed by atoms with Crippen LogP contribution in [-0.2, 0) is 4.79 Å². The van der Waals surface area contributed by atoms with Crippen LogP contribution in [0.1, 0.15) is 24.9 Å². The van der Waals surface area contributed by atoms with Crippen LogP contribution in [0.5, 0.6) is 0 Å². The Morgan fingerprint density at radius 3 is 2.52 bits per heavy atom. The Bertz CT molecular complexity index is 977. The number of nitrogens with one attached hydrogen (secondary N) is 1. The smallest absolute Gasteiger partial charge is 0.252 e. The molecule has 0 spiro atoms. The van der Waals surface area contributed by atoms with Gasteiger partial charge in [0.2, 0.25) is 5.91 Å². The molecule has 3 aromatic rings. The van der Waals surface area contributed by atoms with Crippen molar-refractivity contribution in [3.8, 4) is 0 Å². The third kappa shape index (κ3) is 3.51. The van der Waals surface area contributed by atoms with E-state index in [1.165, 1.54) is 0 Å². The van der Waals surface area contributed by atoms with Gasteiger partial charge < -0.3 is 5.32 Å². The Morgan fingerprint density at radius 1 is 1.16 bits per heavy atom. The molecule has 0 radical (unpaired) electrons. The van der Waals surface area contributed by atoms with Gasteiger partial charge in [0, 0.05) is 21.6 Å². The molecule has 25 heavy (non-hydrogen) atoms. The predicted molar refractivity (Wildman–Crippen MR) is 105 cm³/mol. The summed E-state index contributed by atoms with van der Waals surface area (Å²) in [5.74, 6) is -0.194. The maximum atomic E-state index is 12.8. The van der Waals surface area contributed by atoms with E-state index in [0.29, 0.717) is 12.1 Å². The molecular weight excluding hydrogens is 380 g/mol. The van der Waals surface area contributed by atoms with Crippen molar-refractivity contribution in [3.05, 3.63) is 75.0 Å². The van der Waals surface area contributed by atoms with Crippen LogP contribution in [0, 0.1) is 6.92 Å². The van der Waals surface area contributed by atoms with Crippen molar-refractivity contribution in [2.75, 3.05) is 5.32 Å². The van der Waals surface area contributed by atoms with Gasteiger partial charge in [0.1, 0.15) is 6.04 Å². The number of aryl methyl sites for hydroxylation is 1. The number of aromatic nitrogens is 1. The molecule has 1 aromatic heterocycles. The molecule has 0 bridgehead atoms. The Labute approximate surface area is 154 Å². The van der Waals surface area contributed by atoms with Crippen LogP contribution in [0.2, 0.25) is 0 Å². The van der Waals surface area contributed by atoms with E-state index >= 15 is 0 Å². The van der Waals surface area contributed by atoms with Gasteiger partial charge in [0.15, 0.2) is 0 Å². The molecule has 1 amide bonds. The fraction of sp³-hybridized carbons (Fsp3) is 0.200. The molecule has 0 aliphatic heterocycles. The molecule has 0 fully saturated rings. The summed E-state index contributed by atoms with van der Waals surface area (Å²) in [6.07, 6.45) is 0.523. The first-order valence-electron chi connectivity index (χ1n) is 8.18. The second kappa shape index (κ2) is 7.23. The van der Waals surface area contributed by atoms with E-state index < -0.39 is 6.04 Å². The SMILES string of the molecule is CCC(C(=O)Nc1ccc(Br)cc1)n1c(=O)cc(C)c2ccccc21. The molecular formula is C20H19BrN2O2. The van der Waals surface area contributed by atoms with Crippen molar-refractivity contribution in [1.29, 1.82) is 0 Å². The molecule has 3 rings (SSSR count). The summed E-state index contributed by atoms with van der Waals surface area (Å²) in [6.45, 7) is 3.82. The van der Waals surface area contributed by atoms with Crippen molar-refractivity contribution in [3.63, 3.8) is 0 Å². The lowest BCUT2D eigenvalue weighted by Gasteiger charge is -2.21. The molecule has 1 atom stereocenters. The normalized spacial score (nSPS) is 12.1. The minimum absolute atomic E-state index is 0.158. The molecule has 1 heterocycles. The number of carbonyl (C=O) groups excluding carboxylic acids is 1. The van der Waals surface area contributed by atoms with Crippen molar-refractivity contribution in [1.82, 2.24) is 4.57 Å². The number of amides is 1. The highest BCUT2D eigenvalue weighted by atomic mass is 79.9. The number of anilines is 1. The average molecular weight is 399 g/mol. The van der Waals surface area contributed by atoms with E-state index in [0.717, 1.165) is 20.9 Å². The number of halogens is 1. The molecule has 1 N–H and O–H groups in total. The average Bonchev–Trinajstić information content (AvgIpc) is 2.60. The third-order valence-corrected chi connectivity index (χ3v) is 4.81. The van der Waals surface area contributed by atoms with Gasteiger partial charge >= 0.3 is 0 Å². The van der Waals surface area contributed by atoms with Crippen LogP contribution in [0.25, 0.3) is 10.9 Å². The molecule has 128 valence electrons. The Morgan fingerprint density at radius 2 is 1.84 bits per heavy atom. The highest BCUT2D eigenvalue weighted by Gasteiger charge is 2.22. The summed E-state index contributed by atoms with van der Waals surface area (Å²) in [5, 5.41) is 3.89. The summed E-state index contributed by atoms with van der Waals surface area (Å²) in [5.41, 5.74) is 2.25. The standard InChI is InChI=1S/C20H19BrN2O2/c1-3-17(20(25)22-15-10-8-14(21)9-11-15)23-18-7-5-4-6-16(18)13(2)12-19(23)24/h4-12,17H,3H2,1-2H3,(H,22,25). The van der Waals surface area contributed by atoms with Crippen molar-refractivity contribution in [2.45, 2.75) is 26.3 Å². The zero-order valence-corrected chi connectivity index (χ0v) is 15.7. The van der Waals surface area contributed by atoms with Gasteiger partial charge in [0.05, 0.1) is 5.52 Å². The second-order valence-electron chi connectivity index (χ2n) is 5.97. The van der Waals surface area contributed by atoms with E-state index in [-0.39, 0.29) is 11.5 Å². The summed E-state index contributed by atoms with van der Waals surface area (Å²) < 4.78 is 2.54. The monoisotopic (exact) mass is 398 g/mol. The van der Waals surface area contributed by atoms with Crippen molar-refractivity contribution < 1.29 is 4.79 Å². The maximum absolute atomic E-state index is 12.8. The molecule has 1 unspecified atom stereocenters. The lowest BCUT2D eigenvalue weighted by molar-refractivity contribution is -0.119. The van der Waals surface area contributed by atoms with Crippen molar-refractivity contribution >= 4 is 38.4 Å². The summed E-state index contributed by atoms with van der Waals surface area (Å²) >= 11 is 3.38. The van der Waals surface area contributed by atoms with Gasteiger partial charge in [-0.05, 0) is 49.2 Å². The third-order valence-electron chi connectivity index (χ3n) is 4.28. The van der Waals surface area contributed by atoms with Crippen LogP contribution in [0.4, 0.5) is 5.69 Å².